The van der Waals surface area contributed by atoms with Gasteiger partial charge in [-0.2, -0.15) is 5.26 Å². The van der Waals surface area contributed by atoms with Crippen LogP contribution in [0.25, 0.3) is 11.1 Å². The number of rotatable bonds is 6. The van der Waals surface area contributed by atoms with Gasteiger partial charge in [-0.25, -0.2) is 18.4 Å². The van der Waals surface area contributed by atoms with E-state index in [9.17, 15) is 13.7 Å². The van der Waals surface area contributed by atoms with Crippen molar-refractivity contribution in [3.63, 3.8) is 0 Å². The number of hydrogen-bond acceptors (Lipinski definition) is 10. The van der Waals surface area contributed by atoms with Crippen molar-refractivity contribution in [1.82, 2.24) is 14.9 Å². The third-order valence-electron chi connectivity index (χ3n) is 5.64. The van der Waals surface area contributed by atoms with Crippen LogP contribution in [-0.2, 0) is 23.0 Å². The smallest absolute Gasteiger partial charge is 0.232 e. The monoisotopic (exact) mass is 498 g/mol. The van der Waals surface area contributed by atoms with Crippen molar-refractivity contribution < 1.29 is 22.6 Å². The molecule has 5 rings (SSSR count). The zero-order valence-electron chi connectivity index (χ0n) is 18.3. The maximum Gasteiger partial charge on any atom is 0.232 e. The summed E-state index contributed by atoms with van der Waals surface area (Å²) in [6.45, 7) is 2.83. The summed E-state index contributed by atoms with van der Waals surface area (Å²) in [5, 5.41) is 12.5. The number of ether oxygens (including phenoxy) is 3. The second kappa shape index (κ2) is 9.58. The second-order valence-electron chi connectivity index (χ2n) is 7.96. The van der Waals surface area contributed by atoms with Gasteiger partial charge in [-0.1, -0.05) is 6.07 Å². The van der Waals surface area contributed by atoms with Gasteiger partial charge in [-0.05, 0) is 23.8 Å². The SMILES string of the molecule is N#Cc1c(-c2ccc3c(c2)OCCO3)ccnc1OCc1nc(CN2CCS(=O)(=O)CC2)cs1. The molecule has 0 bridgehead atoms. The Morgan fingerprint density at radius 1 is 1.15 bits per heavy atom. The lowest BCUT2D eigenvalue weighted by atomic mass is 10.0. The molecule has 0 N–H and O–H groups in total. The first kappa shape index (κ1) is 22.6. The number of nitrogens with zero attached hydrogens (tertiary/aromatic N) is 4. The van der Waals surface area contributed by atoms with Crippen LogP contribution < -0.4 is 14.2 Å². The molecule has 3 aromatic rings. The Hall–Kier alpha value is -3.20. The highest BCUT2D eigenvalue weighted by molar-refractivity contribution is 7.91. The van der Waals surface area contributed by atoms with Crippen molar-refractivity contribution in [3.8, 4) is 34.6 Å². The lowest BCUT2D eigenvalue weighted by Crippen LogP contribution is -2.39. The molecule has 11 heteroatoms. The van der Waals surface area contributed by atoms with Crippen LogP contribution in [0.2, 0.25) is 0 Å². The van der Waals surface area contributed by atoms with Crippen LogP contribution >= 0.6 is 11.3 Å². The van der Waals surface area contributed by atoms with E-state index in [1.807, 2.05) is 23.6 Å². The third kappa shape index (κ3) is 4.99. The van der Waals surface area contributed by atoms with E-state index >= 15 is 0 Å². The quantitative estimate of drug-likeness (QED) is 0.506. The van der Waals surface area contributed by atoms with Crippen molar-refractivity contribution in [2.24, 2.45) is 0 Å². The van der Waals surface area contributed by atoms with Gasteiger partial charge in [-0.3, -0.25) is 4.90 Å². The average molecular weight is 499 g/mol. The largest absolute Gasteiger partial charge is 0.486 e. The van der Waals surface area contributed by atoms with E-state index in [0.717, 1.165) is 16.3 Å². The maximum absolute atomic E-state index is 11.6. The van der Waals surface area contributed by atoms with E-state index < -0.39 is 9.84 Å². The summed E-state index contributed by atoms with van der Waals surface area (Å²) in [5.74, 6) is 1.95. The first-order valence-electron chi connectivity index (χ1n) is 10.8. The number of sulfone groups is 1. The highest BCUT2D eigenvalue weighted by Gasteiger charge is 2.22. The predicted octanol–water partition coefficient (Wildman–Crippen LogP) is 2.66. The minimum absolute atomic E-state index is 0.186. The van der Waals surface area contributed by atoms with Crippen molar-refractivity contribution in [3.05, 3.63) is 52.1 Å². The number of fused-ring (bicyclic) bond motifs is 1. The molecule has 0 amide bonds. The molecule has 176 valence electrons. The summed E-state index contributed by atoms with van der Waals surface area (Å²) in [5.41, 5.74) is 2.73. The molecule has 1 fully saturated rings. The maximum atomic E-state index is 11.6. The second-order valence-corrected chi connectivity index (χ2v) is 11.2. The summed E-state index contributed by atoms with van der Waals surface area (Å²) in [6.07, 6.45) is 1.61. The van der Waals surface area contributed by atoms with E-state index in [2.05, 4.69) is 20.9 Å². The molecule has 1 aromatic carbocycles. The van der Waals surface area contributed by atoms with Crippen molar-refractivity contribution >= 4 is 21.2 Å². The Morgan fingerprint density at radius 3 is 2.74 bits per heavy atom. The Labute approximate surface area is 201 Å². The lowest BCUT2D eigenvalue weighted by molar-refractivity contribution is 0.171. The Bertz CT molecular complexity index is 1340. The third-order valence-corrected chi connectivity index (χ3v) is 8.12. The summed E-state index contributed by atoms with van der Waals surface area (Å²) >= 11 is 1.46. The fraction of sp³-hybridized carbons (Fsp3) is 0.348. The van der Waals surface area contributed by atoms with E-state index in [1.54, 1.807) is 12.3 Å². The van der Waals surface area contributed by atoms with Crippen LogP contribution in [0.5, 0.6) is 17.4 Å². The highest BCUT2D eigenvalue weighted by atomic mass is 32.2. The number of thiazole rings is 1. The number of pyridine rings is 1. The summed E-state index contributed by atoms with van der Waals surface area (Å²) in [6, 6.07) is 9.56. The fourth-order valence-electron chi connectivity index (χ4n) is 3.87. The van der Waals surface area contributed by atoms with Crippen LogP contribution in [0.15, 0.2) is 35.8 Å². The van der Waals surface area contributed by atoms with Crippen LogP contribution in [0.4, 0.5) is 0 Å². The fourth-order valence-corrected chi connectivity index (χ4v) is 5.84. The molecule has 0 unspecified atom stereocenters. The van der Waals surface area contributed by atoms with Gasteiger partial charge in [0.1, 0.15) is 36.5 Å². The zero-order valence-corrected chi connectivity index (χ0v) is 19.9. The molecule has 0 aliphatic carbocycles. The molecule has 34 heavy (non-hydrogen) atoms. The standard InChI is InChI=1S/C23H22N4O5S2/c24-12-19-18(16-1-2-20-21(11-16)31-8-7-30-20)3-4-25-23(19)32-14-22-26-17(15-33-22)13-27-5-9-34(28,29)10-6-27/h1-4,11,15H,5-10,13-14H2. The summed E-state index contributed by atoms with van der Waals surface area (Å²) in [7, 11) is -2.90. The van der Waals surface area contributed by atoms with E-state index in [-0.39, 0.29) is 24.0 Å². The molecule has 0 radical (unpaired) electrons. The summed E-state index contributed by atoms with van der Waals surface area (Å²) < 4.78 is 40.3. The van der Waals surface area contributed by atoms with Gasteiger partial charge in [0.25, 0.3) is 0 Å². The first-order chi connectivity index (χ1) is 16.5. The number of benzene rings is 1. The molecule has 0 saturated carbocycles. The van der Waals surface area contributed by atoms with Crippen LogP contribution in [-0.4, -0.2) is 61.1 Å². The van der Waals surface area contributed by atoms with E-state index in [0.29, 0.717) is 55.5 Å². The summed E-state index contributed by atoms with van der Waals surface area (Å²) in [4.78, 5) is 11.0. The van der Waals surface area contributed by atoms with Crippen LogP contribution in [0.1, 0.15) is 16.3 Å². The molecule has 1 saturated heterocycles. The molecule has 0 atom stereocenters. The van der Waals surface area contributed by atoms with Gasteiger partial charge in [0.2, 0.25) is 5.88 Å². The highest BCUT2D eigenvalue weighted by Crippen LogP contribution is 2.37. The normalized spacial score (nSPS) is 17.1. The molecule has 0 spiro atoms. The van der Waals surface area contributed by atoms with Gasteiger partial charge in [-0.15, -0.1) is 11.3 Å². The minimum Gasteiger partial charge on any atom is -0.486 e. The van der Waals surface area contributed by atoms with Gasteiger partial charge in [0.15, 0.2) is 21.3 Å². The Balaban J connectivity index is 1.27. The number of aromatic nitrogens is 2. The average Bonchev–Trinajstić information content (AvgIpc) is 3.30. The molecular weight excluding hydrogens is 476 g/mol. The van der Waals surface area contributed by atoms with Gasteiger partial charge in [0.05, 0.1) is 17.2 Å². The molecule has 9 nitrogen and oxygen atoms in total. The number of hydrogen-bond donors (Lipinski definition) is 0. The van der Waals surface area contributed by atoms with E-state index in [4.69, 9.17) is 14.2 Å². The zero-order chi connectivity index (χ0) is 23.5. The van der Waals surface area contributed by atoms with Crippen LogP contribution in [0.3, 0.4) is 0 Å². The van der Waals surface area contributed by atoms with E-state index in [1.165, 1.54) is 11.3 Å². The minimum atomic E-state index is -2.90. The van der Waals surface area contributed by atoms with Crippen LogP contribution in [0, 0.1) is 11.3 Å². The molecular formula is C23H22N4O5S2. The molecule has 2 aliphatic heterocycles. The van der Waals surface area contributed by atoms with Crippen molar-refractivity contribution in [1.29, 1.82) is 5.26 Å². The Kier molecular flexibility index (Phi) is 6.36. The number of nitriles is 1. The lowest BCUT2D eigenvalue weighted by Gasteiger charge is -2.25. The van der Waals surface area contributed by atoms with Crippen molar-refractivity contribution in [2.45, 2.75) is 13.2 Å². The molecule has 4 heterocycles. The predicted molar refractivity (Wildman–Crippen MR) is 126 cm³/mol. The topological polar surface area (TPSA) is 115 Å². The molecule has 2 aromatic heterocycles. The van der Waals surface area contributed by atoms with Gasteiger partial charge in [0, 0.05) is 36.8 Å². The Morgan fingerprint density at radius 2 is 1.94 bits per heavy atom. The molecule has 2 aliphatic rings. The van der Waals surface area contributed by atoms with Gasteiger partial charge < -0.3 is 14.2 Å². The van der Waals surface area contributed by atoms with Crippen molar-refractivity contribution in [2.75, 3.05) is 37.8 Å². The first-order valence-corrected chi connectivity index (χ1v) is 13.5. The van der Waals surface area contributed by atoms with Gasteiger partial charge >= 0.3 is 0 Å².